The smallest absolute Gasteiger partial charge is 0.331 e. The highest BCUT2D eigenvalue weighted by Gasteiger charge is 2.52. The number of nitrogens with one attached hydrogen (secondary N) is 1. The third-order valence-corrected chi connectivity index (χ3v) is 8.89. The monoisotopic (exact) mass is 592 g/mol. The summed E-state index contributed by atoms with van der Waals surface area (Å²) >= 11 is 0. The molecule has 1 saturated carbocycles. The van der Waals surface area contributed by atoms with Gasteiger partial charge in [0.15, 0.2) is 0 Å². The first-order chi connectivity index (χ1) is 22.0. The molecule has 0 saturated heterocycles. The zero-order chi connectivity index (χ0) is 30.8. The van der Waals surface area contributed by atoms with Gasteiger partial charge in [-0.05, 0) is 84.8 Å². The first kappa shape index (κ1) is 28.4. The van der Waals surface area contributed by atoms with Crippen molar-refractivity contribution in [3.63, 3.8) is 0 Å². The normalized spacial score (nSPS) is 18.4. The number of para-hydroxylation sites is 1. The Bertz CT molecular complexity index is 1910. The second kappa shape index (κ2) is 12.0. The minimum atomic E-state index is -0.438. The number of aromatic nitrogens is 1. The van der Waals surface area contributed by atoms with Crippen molar-refractivity contribution < 1.29 is 9.63 Å². The summed E-state index contributed by atoms with van der Waals surface area (Å²) in [4.78, 5) is 24.3. The number of H-pyrrole nitrogens is 1. The van der Waals surface area contributed by atoms with Gasteiger partial charge in [0.25, 0.3) is 0 Å². The molecule has 1 aromatic heterocycles. The number of aromatic amines is 1. The van der Waals surface area contributed by atoms with E-state index in [1.165, 1.54) is 35.5 Å². The fourth-order valence-corrected chi connectivity index (χ4v) is 6.43. The molecule has 224 valence electrons. The predicted octanol–water partition coefficient (Wildman–Crippen LogP) is 9.06. The van der Waals surface area contributed by atoms with E-state index in [9.17, 15) is 4.79 Å². The second-order valence-electron chi connectivity index (χ2n) is 12.0. The van der Waals surface area contributed by atoms with Gasteiger partial charge in [-0.25, -0.2) is 4.79 Å². The van der Waals surface area contributed by atoms with Crippen LogP contribution in [0.5, 0.6) is 0 Å². The Balaban J connectivity index is 1.26. The van der Waals surface area contributed by atoms with E-state index in [1.807, 2.05) is 31.3 Å². The van der Waals surface area contributed by atoms with Crippen LogP contribution >= 0.6 is 0 Å². The number of carbonyl (C=O) groups excluding carboxylic acids is 1. The van der Waals surface area contributed by atoms with Gasteiger partial charge in [0, 0.05) is 53.2 Å². The molecule has 45 heavy (non-hydrogen) atoms. The van der Waals surface area contributed by atoms with Gasteiger partial charge in [-0.2, -0.15) is 0 Å². The second-order valence-corrected chi connectivity index (χ2v) is 12.0. The molecule has 1 heterocycles. The Labute approximate surface area is 263 Å². The summed E-state index contributed by atoms with van der Waals surface area (Å²) in [5, 5.41) is 6.31. The van der Waals surface area contributed by atoms with Crippen molar-refractivity contribution in [2.45, 2.75) is 26.8 Å². The minimum Gasteiger partial charge on any atom is -0.365 e. The molecule has 6 heteroatoms. The first-order valence-corrected chi connectivity index (χ1v) is 15.4. The van der Waals surface area contributed by atoms with Crippen LogP contribution in [0.2, 0.25) is 0 Å². The van der Waals surface area contributed by atoms with Crippen LogP contribution in [0.25, 0.3) is 10.8 Å². The van der Waals surface area contributed by atoms with Crippen LogP contribution in [0.15, 0.2) is 139 Å². The molecule has 0 bridgehead atoms. The molecule has 1 fully saturated rings. The Hall–Kier alpha value is -5.36. The van der Waals surface area contributed by atoms with Crippen LogP contribution in [-0.4, -0.2) is 23.2 Å². The molecular formula is C39H36N4O2. The zero-order valence-corrected chi connectivity index (χ0v) is 25.6. The minimum absolute atomic E-state index is 0.218. The number of allylic oxidation sites excluding steroid dienone is 3. The number of hydrogen-bond donors (Lipinski definition) is 1. The fourth-order valence-electron chi connectivity index (χ4n) is 6.43. The van der Waals surface area contributed by atoms with Gasteiger partial charge < -0.3 is 19.6 Å². The van der Waals surface area contributed by atoms with Gasteiger partial charge in [0.1, 0.15) is 0 Å². The topological polar surface area (TPSA) is 60.9 Å². The molecule has 2 aliphatic carbocycles. The lowest BCUT2D eigenvalue weighted by Gasteiger charge is -2.30. The van der Waals surface area contributed by atoms with E-state index in [-0.39, 0.29) is 5.41 Å². The average molecular weight is 593 g/mol. The number of nitrogens with zero attached hydrogens (tertiary/aromatic N) is 3. The van der Waals surface area contributed by atoms with Crippen molar-refractivity contribution in [2.75, 3.05) is 16.3 Å². The first-order valence-electron chi connectivity index (χ1n) is 15.4. The third kappa shape index (κ3) is 5.92. The maximum absolute atomic E-state index is 11.2. The number of hydrogen-bond acceptors (Lipinski definition) is 5. The van der Waals surface area contributed by atoms with E-state index in [0.717, 1.165) is 35.7 Å². The van der Waals surface area contributed by atoms with Gasteiger partial charge in [-0.3, -0.25) is 0 Å². The standard InChI is InChI=1S/C39H36N4O2/c1-28(41-45-29(2)44)30-16-18-35(19-17-30)43(34-13-4-3-5-14-34)38-15-8-10-31-24-36(20-21-37(31)38)42(26-33-12-9-23-40-33)27-39-22-7-6-11-32(39)25-39/h3-24,32,40H,25-27H2,1-2H3/b41-28-. The molecule has 2 unspecified atom stereocenters. The van der Waals surface area contributed by atoms with Crippen LogP contribution in [-0.2, 0) is 16.2 Å². The zero-order valence-electron chi connectivity index (χ0n) is 25.6. The van der Waals surface area contributed by atoms with Crippen molar-refractivity contribution in [1.29, 1.82) is 0 Å². The summed E-state index contributed by atoms with van der Waals surface area (Å²) in [6.45, 7) is 4.98. The van der Waals surface area contributed by atoms with E-state index >= 15 is 0 Å². The summed E-state index contributed by atoms with van der Waals surface area (Å²) < 4.78 is 0. The molecule has 0 radical (unpaired) electrons. The van der Waals surface area contributed by atoms with Crippen molar-refractivity contribution in [3.05, 3.63) is 145 Å². The molecule has 2 aliphatic rings. The summed E-state index contributed by atoms with van der Waals surface area (Å²) in [5.41, 5.74) is 7.35. The maximum atomic E-state index is 11.2. The summed E-state index contributed by atoms with van der Waals surface area (Å²) in [5.74, 6) is 0.190. The Morgan fingerprint density at radius 2 is 1.69 bits per heavy atom. The lowest BCUT2D eigenvalue weighted by atomic mass is 9.97. The molecule has 7 rings (SSSR count). The van der Waals surface area contributed by atoms with Crippen molar-refractivity contribution in [1.82, 2.24) is 4.98 Å². The van der Waals surface area contributed by atoms with Crippen LogP contribution in [0.1, 0.15) is 31.5 Å². The molecule has 1 N–H and O–H groups in total. The fraction of sp³-hybridized carbons (Fsp3) is 0.179. The molecule has 4 aromatic carbocycles. The number of anilines is 4. The Morgan fingerprint density at radius 3 is 2.44 bits per heavy atom. The molecule has 0 amide bonds. The van der Waals surface area contributed by atoms with Crippen LogP contribution in [0.3, 0.4) is 0 Å². The number of rotatable bonds is 10. The summed E-state index contributed by atoms with van der Waals surface area (Å²) in [6, 6.07) is 36.2. The lowest BCUT2D eigenvalue weighted by Crippen LogP contribution is -2.30. The summed E-state index contributed by atoms with van der Waals surface area (Å²) in [6.07, 6.45) is 12.4. The van der Waals surface area contributed by atoms with Crippen molar-refractivity contribution >= 4 is 45.2 Å². The number of fused-ring (bicyclic) bond motifs is 2. The number of carbonyl (C=O) groups is 1. The van der Waals surface area contributed by atoms with Gasteiger partial charge in [-0.15, -0.1) is 0 Å². The van der Waals surface area contributed by atoms with Crippen LogP contribution in [0.4, 0.5) is 22.7 Å². The summed E-state index contributed by atoms with van der Waals surface area (Å²) in [7, 11) is 0. The largest absolute Gasteiger partial charge is 0.365 e. The van der Waals surface area contributed by atoms with Gasteiger partial charge >= 0.3 is 5.97 Å². The molecular weight excluding hydrogens is 556 g/mol. The molecule has 6 nitrogen and oxygen atoms in total. The lowest BCUT2D eigenvalue weighted by molar-refractivity contribution is -0.140. The van der Waals surface area contributed by atoms with Gasteiger partial charge in [0.2, 0.25) is 0 Å². The third-order valence-electron chi connectivity index (χ3n) is 8.89. The number of oxime groups is 1. The van der Waals surface area contributed by atoms with E-state index < -0.39 is 5.97 Å². The van der Waals surface area contributed by atoms with E-state index in [1.54, 1.807) is 0 Å². The predicted molar refractivity (Wildman–Crippen MR) is 183 cm³/mol. The highest BCUT2D eigenvalue weighted by atomic mass is 16.7. The Kier molecular flexibility index (Phi) is 7.55. The van der Waals surface area contributed by atoms with Crippen molar-refractivity contribution in [2.24, 2.45) is 16.5 Å². The highest BCUT2D eigenvalue weighted by Crippen LogP contribution is 2.57. The molecule has 0 aliphatic heterocycles. The quantitative estimate of drug-likeness (QED) is 0.0998. The van der Waals surface area contributed by atoms with E-state index in [2.05, 4.69) is 129 Å². The van der Waals surface area contributed by atoms with Crippen LogP contribution in [0, 0.1) is 11.3 Å². The Morgan fingerprint density at radius 1 is 0.889 bits per heavy atom. The number of benzene rings is 4. The molecule has 2 atom stereocenters. The van der Waals surface area contributed by atoms with Gasteiger partial charge in [-0.1, -0.05) is 78.0 Å². The van der Waals surface area contributed by atoms with Gasteiger partial charge in [0.05, 0.1) is 17.9 Å². The highest BCUT2D eigenvalue weighted by molar-refractivity contribution is 6.01. The molecule has 0 spiro atoms. The molecule has 5 aromatic rings. The van der Waals surface area contributed by atoms with Crippen LogP contribution < -0.4 is 9.80 Å². The van der Waals surface area contributed by atoms with E-state index in [0.29, 0.717) is 11.6 Å². The maximum Gasteiger partial charge on any atom is 0.331 e. The average Bonchev–Trinajstić information content (AvgIpc) is 3.56. The van der Waals surface area contributed by atoms with Crippen molar-refractivity contribution in [3.8, 4) is 0 Å². The van der Waals surface area contributed by atoms with E-state index in [4.69, 9.17) is 4.84 Å². The SMILES string of the molecule is CC(=O)O/N=C(/C)c1ccc(N(c2ccccc2)c2cccc3cc(N(Cc4ccc[nH]4)CC45C=CC=CC4C5)ccc23)cc1.